The van der Waals surface area contributed by atoms with Crippen molar-refractivity contribution in [2.45, 2.75) is 19.4 Å². The molecule has 0 spiro atoms. The Hall–Kier alpha value is -1.77. The molecule has 0 saturated carbocycles. The zero-order valence-corrected chi connectivity index (χ0v) is 9.60. The highest BCUT2D eigenvalue weighted by atomic mass is 16.5. The van der Waals surface area contributed by atoms with E-state index < -0.39 is 0 Å². The number of esters is 1. The van der Waals surface area contributed by atoms with Crippen LogP contribution in [-0.4, -0.2) is 13.1 Å². The number of rotatable bonds is 5. The van der Waals surface area contributed by atoms with Gasteiger partial charge in [0.15, 0.2) is 0 Å². The molecule has 1 aromatic carbocycles. The maximum absolute atomic E-state index is 10.9. The fraction of sp³-hybridized carbons (Fsp3) is 0.308. The summed E-state index contributed by atoms with van der Waals surface area (Å²) < 4.78 is 10.3. The van der Waals surface area contributed by atoms with Crippen molar-refractivity contribution in [3.63, 3.8) is 0 Å². The summed E-state index contributed by atoms with van der Waals surface area (Å²) in [6.45, 7) is 5.05. The highest BCUT2D eigenvalue weighted by Gasteiger charge is 2.12. The molecule has 1 aromatic rings. The number of carbonyl (C=O) groups is 1. The fourth-order valence-electron chi connectivity index (χ4n) is 1.42. The van der Waals surface area contributed by atoms with Crippen LogP contribution in [0.1, 0.15) is 25.0 Å². The maximum Gasteiger partial charge on any atom is 0.303 e. The van der Waals surface area contributed by atoms with Crippen molar-refractivity contribution >= 4 is 5.97 Å². The second-order valence-electron chi connectivity index (χ2n) is 3.40. The first-order valence-electron chi connectivity index (χ1n) is 5.09. The van der Waals surface area contributed by atoms with Crippen LogP contribution in [-0.2, 0) is 9.53 Å². The predicted molar refractivity (Wildman–Crippen MR) is 62.3 cm³/mol. The van der Waals surface area contributed by atoms with Gasteiger partial charge in [0.1, 0.15) is 11.9 Å². The van der Waals surface area contributed by atoms with Crippen LogP contribution in [0.2, 0.25) is 0 Å². The molecule has 0 unspecified atom stereocenters. The minimum Gasteiger partial charge on any atom is -0.497 e. The molecule has 0 saturated heterocycles. The molecule has 0 N–H and O–H groups in total. The zero-order chi connectivity index (χ0) is 12.0. The number of ether oxygens (including phenoxy) is 2. The van der Waals surface area contributed by atoms with Gasteiger partial charge in [0.2, 0.25) is 0 Å². The Morgan fingerprint density at radius 1 is 1.44 bits per heavy atom. The van der Waals surface area contributed by atoms with Crippen LogP contribution < -0.4 is 4.74 Å². The Kier molecular flexibility index (Phi) is 4.58. The summed E-state index contributed by atoms with van der Waals surface area (Å²) in [5, 5.41) is 0. The number of hydrogen-bond donors (Lipinski definition) is 0. The molecule has 16 heavy (non-hydrogen) atoms. The Morgan fingerprint density at radius 2 is 2.06 bits per heavy atom. The quantitative estimate of drug-likeness (QED) is 0.565. The van der Waals surface area contributed by atoms with Gasteiger partial charge in [-0.2, -0.15) is 0 Å². The molecule has 3 nitrogen and oxygen atoms in total. The standard InChI is InChI=1S/C13H16O3/c1-4-5-13(16-10(2)14)11-6-8-12(15-3)9-7-11/h4,6-9,13H,1,5H2,2-3H3/t13-/m0/s1. The largest absolute Gasteiger partial charge is 0.497 e. The second kappa shape index (κ2) is 5.95. The van der Waals surface area contributed by atoms with Gasteiger partial charge in [-0.3, -0.25) is 4.79 Å². The molecule has 0 radical (unpaired) electrons. The van der Waals surface area contributed by atoms with Crippen molar-refractivity contribution < 1.29 is 14.3 Å². The lowest BCUT2D eigenvalue weighted by molar-refractivity contribution is -0.146. The lowest BCUT2D eigenvalue weighted by Gasteiger charge is -2.15. The highest BCUT2D eigenvalue weighted by Crippen LogP contribution is 2.23. The van der Waals surface area contributed by atoms with E-state index in [0.29, 0.717) is 6.42 Å². The van der Waals surface area contributed by atoms with Crippen LogP contribution in [0.3, 0.4) is 0 Å². The fourth-order valence-corrected chi connectivity index (χ4v) is 1.42. The summed E-state index contributed by atoms with van der Waals surface area (Å²) in [5.74, 6) is 0.492. The van der Waals surface area contributed by atoms with Crippen molar-refractivity contribution in [3.8, 4) is 5.75 Å². The van der Waals surface area contributed by atoms with Gasteiger partial charge in [0.05, 0.1) is 7.11 Å². The molecular weight excluding hydrogens is 204 g/mol. The number of hydrogen-bond acceptors (Lipinski definition) is 3. The third-order valence-corrected chi connectivity index (χ3v) is 2.18. The van der Waals surface area contributed by atoms with Crippen LogP contribution >= 0.6 is 0 Å². The average Bonchev–Trinajstić information content (AvgIpc) is 2.28. The highest BCUT2D eigenvalue weighted by molar-refractivity contribution is 5.66. The van der Waals surface area contributed by atoms with Gasteiger partial charge in [-0.1, -0.05) is 18.2 Å². The molecule has 0 fully saturated rings. The molecule has 86 valence electrons. The van der Waals surface area contributed by atoms with E-state index >= 15 is 0 Å². The van der Waals surface area contributed by atoms with E-state index in [0.717, 1.165) is 11.3 Å². The number of methoxy groups -OCH3 is 1. The lowest BCUT2D eigenvalue weighted by Crippen LogP contribution is -2.07. The van der Waals surface area contributed by atoms with Gasteiger partial charge in [0, 0.05) is 13.3 Å². The molecule has 0 aliphatic heterocycles. The van der Waals surface area contributed by atoms with Gasteiger partial charge in [-0.05, 0) is 17.7 Å². The van der Waals surface area contributed by atoms with E-state index in [2.05, 4.69) is 6.58 Å². The Bertz CT molecular complexity index is 354. The molecule has 1 rings (SSSR count). The molecule has 0 heterocycles. The monoisotopic (exact) mass is 220 g/mol. The molecule has 0 aliphatic rings. The van der Waals surface area contributed by atoms with Gasteiger partial charge in [0.25, 0.3) is 0 Å². The van der Waals surface area contributed by atoms with Crippen LogP contribution in [0.15, 0.2) is 36.9 Å². The van der Waals surface area contributed by atoms with E-state index in [-0.39, 0.29) is 12.1 Å². The van der Waals surface area contributed by atoms with Crippen LogP contribution in [0, 0.1) is 0 Å². The van der Waals surface area contributed by atoms with E-state index in [1.54, 1.807) is 13.2 Å². The summed E-state index contributed by atoms with van der Waals surface area (Å²) >= 11 is 0. The summed E-state index contributed by atoms with van der Waals surface area (Å²) in [5.41, 5.74) is 0.941. The van der Waals surface area contributed by atoms with Crippen LogP contribution in [0.4, 0.5) is 0 Å². The topological polar surface area (TPSA) is 35.5 Å². The summed E-state index contributed by atoms with van der Waals surface area (Å²) in [6, 6.07) is 7.45. The first-order chi connectivity index (χ1) is 7.67. The summed E-state index contributed by atoms with van der Waals surface area (Å²) in [4.78, 5) is 10.9. The molecular formula is C13H16O3. The average molecular weight is 220 g/mol. The normalized spacial score (nSPS) is 11.6. The number of carbonyl (C=O) groups excluding carboxylic acids is 1. The third kappa shape index (κ3) is 3.42. The summed E-state index contributed by atoms with van der Waals surface area (Å²) in [7, 11) is 1.61. The minimum absolute atomic E-state index is 0.263. The van der Waals surface area contributed by atoms with Gasteiger partial charge in [-0.25, -0.2) is 0 Å². The van der Waals surface area contributed by atoms with Crippen LogP contribution in [0.25, 0.3) is 0 Å². The SMILES string of the molecule is C=CC[C@H](OC(C)=O)c1ccc(OC)cc1. The van der Waals surface area contributed by atoms with E-state index in [9.17, 15) is 4.79 Å². The van der Waals surface area contributed by atoms with E-state index in [1.807, 2.05) is 24.3 Å². The molecule has 1 atom stereocenters. The van der Waals surface area contributed by atoms with Gasteiger partial charge in [-0.15, -0.1) is 6.58 Å². The lowest BCUT2D eigenvalue weighted by atomic mass is 10.1. The molecule has 3 heteroatoms. The maximum atomic E-state index is 10.9. The van der Waals surface area contributed by atoms with E-state index in [4.69, 9.17) is 9.47 Å². The zero-order valence-electron chi connectivity index (χ0n) is 9.60. The van der Waals surface area contributed by atoms with Crippen molar-refractivity contribution in [1.29, 1.82) is 0 Å². The predicted octanol–water partition coefficient (Wildman–Crippen LogP) is 2.88. The Morgan fingerprint density at radius 3 is 2.50 bits per heavy atom. The first kappa shape index (κ1) is 12.3. The molecule has 0 aromatic heterocycles. The number of benzene rings is 1. The van der Waals surface area contributed by atoms with E-state index in [1.165, 1.54) is 6.92 Å². The molecule has 0 aliphatic carbocycles. The first-order valence-corrected chi connectivity index (χ1v) is 5.09. The second-order valence-corrected chi connectivity index (χ2v) is 3.40. The molecule has 0 amide bonds. The Labute approximate surface area is 95.7 Å². The molecule has 0 bridgehead atoms. The minimum atomic E-state index is -0.289. The summed E-state index contributed by atoms with van der Waals surface area (Å²) in [6.07, 6.45) is 2.07. The smallest absolute Gasteiger partial charge is 0.303 e. The van der Waals surface area contributed by atoms with Crippen molar-refractivity contribution in [3.05, 3.63) is 42.5 Å². The van der Waals surface area contributed by atoms with Crippen LogP contribution in [0.5, 0.6) is 5.75 Å². The van der Waals surface area contributed by atoms with Crippen molar-refractivity contribution in [1.82, 2.24) is 0 Å². The Balaban J connectivity index is 2.82. The third-order valence-electron chi connectivity index (χ3n) is 2.18. The van der Waals surface area contributed by atoms with Crippen molar-refractivity contribution in [2.75, 3.05) is 7.11 Å². The van der Waals surface area contributed by atoms with Gasteiger partial charge < -0.3 is 9.47 Å². The van der Waals surface area contributed by atoms with Gasteiger partial charge >= 0.3 is 5.97 Å². The van der Waals surface area contributed by atoms with Crippen molar-refractivity contribution in [2.24, 2.45) is 0 Å².